The van der Waals surface area contributed by atoms with Crippen molar-refractivity contribution in [1.82, 2.24) is 19.9 Å². The molecule has 1 aliphatic heterocycles. The summed E-state index contributed by atoms with van der Waals surface area (Å²) < 4.78 is 41.4. The van der Waals surface area contributed by atoms with E-state index >= 15 is 0 Å². The number of aromatic nitrogens is 4. The van der Waals surface area contributed by atoms with Crippen LogP contribution in [0.15, 0.2) is 48.9 Å². The van der Waals surface area contributed by atoms with Crippen molar-refractivity contribution in [3.8, 4) is 22.4 Å². The van der Waals surface area contributed by atoms with Crippen LogP contribution in [0.25, 0.3) is 32.6 Å². The molecule has 40 heavy (non-hydrogen) atoms. The molecule has 2 amide bonds. The number of aliphatic carboxylic acids is 1. The Kier molecular flexibility index (Phi) is 7.04. The van der Waals surface area contributed by atoms with Crippen LogP contribution in [-0.2, 0) is 4.79 Å². The number of piperidine rings is 1. The van der Waals surface area contributed by atoms with E-state index in [4.69, 9.17) is 5.73 Å². The topological polar surface area (TPSA) is 138 Å². The van der Waals surface area contributed by atoms with Gasteiger partial charge in [0.25, 0.3) is 0 Å². The standard InChI is InChI=1S/C26H24F3N7O3S/c1-2-36(22(30)39)24-34-19-12-15(11-17(20(19)40-24)18-5-3-4-8-31-18)16-13-32-23(33-14-16)35-9-6-25(7-10-35,21(37)38)26(27,28)29/h3-5,8,11-14H,2,6-7,9-10H2,1H3,(H2,30,39)(H,37,38). The minimum absolute atomic E-state index is 0.143. The predicted octanol–water partition coefficient (Wildman–Crippen LogP) is 4.95. The molecule has 14 heteroatoms. The second-order valence-electron chi connectivity index (χ2n) is 9.31. The molecular weight excluding hydrogens is 547 g/mol. The number of fused-ring (bicyclic) bond motifs is 1. The van der Waals surface area contributed by atoms with Gasteiger partial charge < -0.3 is 15.7 Å². The maximum absolute atomic E-state index is 13.5. The first-order valence-corrected chi connectivity index (χ1v) is 13.2. The largest absolute Gasteiger partial charge is 0.481 e. The van der Waals surface area contributed by atoms with Crippen LogP contribution < -0.4 is 15.5 Å². The number of carbonyl (C=O) groups is 2. The van der Waals surface area contributed by atoms with Crippen molar-refractivity contribution >= 4 is 44.6 Å². The average molecular weight is 572 g/mol. The summed E-state index contributed by atoms with van der Waals surface area (Å²) in [5.41, 5.74) is 6.22. The van der Waals surface area contributed by atoms with E-state index < -0.39 is 36.4 Å². The van der Waals surface area contributed by atoms with Gasteiger partial charge in [0.05, 0.1) is 15.9 Å². The number of anilines is 2. The highest BCUT2D eigenvalue weighted by Crippen LogP contribution is 2.47. The maximum Gasteiger partial charge on any atom is 0.405 e. The van der Waals surface area contributed by atoms with Gasteiger partial charge >= 0.3 is 18.2 Å². The van der Waals surface area contributed by atoms with Gasteiger partial charge in [0.1, 0.15) is 0 Å². The minimum atomic E-state index is -4.85. The minimum Gasteiger partial charge on any atom is -0.481 e. The molecule has 4 heterocycles. The number of hydrogen-bond donors (Lipinski definition) is 2. The van der Waals surface area contributed by atoms with E-state index in [2.05, 4.69) is 19.9 Å². The summed E-state index contributed by atoms with van der Waals surface area (Å²) in [6.07, 6.45) is -1.24. The Morgan fingerprint density at radius 3 is 2.38 bits per heavy atom. The van der Waals surface area contributed by atoms with Crippen molar-refractivity contribution in [2.24, 2.45) is 11.1 Å². The summed E-state index contributed by atoms with van der Waals surface area (Å²) in [7, 11) is 0. The smallest absolute Gasteiger partial charge is 0.405 e. The number of thiazole rings is 1. The molecule has 0 spiro atoms. The van der Waals surface area contributed by atoms with Gasteiger partial charge in [-0.25, -0.2) is 19.7 Å². The Labute approximate surface area is 230 Å². The quantitative estimate of drug-likeness (QED) is 0.331. The number of benzene rings is 1. The van der Waals surface area contributed by atoms with E-state index in [0.717, 1.165) is 15.8 Å². The van der Waals surface area contributed by atoms with Crippen LogP contribution in [0.4, 0.5) is 29.0 Å². The van der Waals surface area contributed by atoms with Gasteiger partial charge in [0.2, 0.25) is 5.95 Å². The Bertz CT molecular complexity index is 1550. The molecule has 0 bridgehead atoms. The molecule has 4 aromatic rings. The molecule has 0 radical (unpaired) electrons. The highest BCUT2D eigenvalue weighted by atomic mass is 32.1. The lowest BCUT2D eigenvalue weighted by Gasteiger charge is -2.39. The summed E-state index contributed by atoms with van der Waals surface area (Å²) in [5.74, 6) is -1.65. The number of hydrogen-bond acceptors (Lipinski definition) is 8. The third-order valence-corrected chi connectivity index (χ3v) is 8.18. The van der Waals surface area contributed by atoms with Gasteiger partial charge in [-0.05, 0) is 49.6 Å². The van der Waals surface area contributed by atoms with Crippen molar-refractivity contribution < 1.29 is 27.9 Å². The molecule has 1 saturated heterocycles. The molecule has 3 aromatic heterocycles. The van der Waals surface area contributed by atoms with E-state index in [1.807, 2.05) is 24.3 Å². The van der Waals surface area contributed by atoms with Gasteiger partial charge in [-0.15, -0.1) is 0 Å². The molecule has 0 unspecified atom stereocenters. The zero-order chi connectivity index (χ0) is 28.7. The number of nitrogens with zero attached hydrogens (tertiary/aromatic N) is 6. The Balaban J connectivity index is 1.48. The molecule has 1 aliphatic rings. The first-order chi connectivity index (χ1) is 19.0. The van der Waals surface area contributed by atoms with Crippen LogP contribution in [-0.4, -0.2) is 62.9 Å². The normalized spacial score (nSPS) is 15.2. The molecule has 1 aromatic carbocycles. The number of carboxylic acids is 1. The van der Waals surface area contributed by atoms with Crippen molar-refractivity contribution in [2.75, 3.05) is 29.4 Å². The van der Waals surface area contributed by atoms with Crippen LogP contribution in [0, 0.1) is 5.41 Å². The molecule has 5 rings (SSSR count). The SMILES string of the molecule is CCN(C(N)=O)c1nc2cc(-c3cnc(N4CCC(C(=O)O)(C(F)(F)F)CC4)nc3)cc(-c3ccccn3)c2s1. The average Bonchev–Trinajstić information content (AvgIpc) is 3.36. The highest BCUT2D eigenvalue weighted by Gasteiger charge is 2.61. The third-order valence-electron chi connectivity index (χ3n) is 7.06. The van der Waals surface area contributed by atoms with Crippen LogP contribution in [0.5, 0.6) is 0 Å². The number of halogens is 3. The molecule has 0 saturated carbocycles. The fourth-order valence-corrected chi connectivity index (χ4v) is 5.88. The predicted molar refractivity (Wildman–Crippen MR) is 144 cm³/mol. The van der Waals surface area contributed by atoms with Crippen LogP contribution in [0.1, 0.15) is 19.8 Å². The lowest BCUT2D eigenvalue weighted by Crippen LogP contribution is -2.53. The van der Waals surface area contributed by atoms with Gasteiger partial charge in [0, 0.05) is 49.4 Å². The second-order valence-corrected chi connectivity index (χ2v) is 10.3. The summed E-state index contributed by atoms with van der Waals surface area (Å²) in [6, 6.07) is 8.66. The van der Waals surface area contributed by atoms with Gasteiger partial charge in [-0.2, -0.15) is 13.2 Å². The van der Waals surface area contributed by atoms with Gasteiger partial charge in [-0.3, -0.25) is 14.7 Å². The highest BCUT2D eigenvalue weighted by molar-refractivity contribution is 7.23. The zero-order valence-electron chi connectivity index (χ0n) is 21.2. The maximum atomic E-state index is 13.5. The molecule has 208 valence electrons. The number of primary amides is 1. The molecule has 1 fully saturated rings. The number of nitrogens with two attached hydrogens (primary N) is 1. The van der Waals surface area contributed by atoms with Crippen molar-refractivity contribution in [3.63, 3.8) is 0 Å². The second kappa shape index (κ2) is 10.3. The lowest BCUT2D eigenvalue weighted by molar-refractivity contribution is -0.236. The summed E-state index contributed by atoms with van der Waals surface area (Å²) >= 11 is 1.32. The monoisotopic (exact) mass is 571 g/mol. The van der Waals surface area contributed by atoms with Gasteiger partial charge in [-0.1, -0.05) is 17.4 Å². The molecule has 3 N–H and O–H groups in total. The van der Waals surface area contributed by atoms with E-state index in [-0.39, 0.29) is 19.0 Å². The number of carbonyl (C=O) groups excluding carboxylic acids is 1. The van der Waals surface area contributed by atoms with Gasteiger partial charge in [0.15, 0.2) is 10.5 Å². The molecule has 0 aliphatic carbocycles. The Morgan fingerprint density at radius 2 is 1.82 bits per heavy atom. The summed E-state index contributed by atoms with van der Waals surface area (Å²) in [5, 5.41) is 9.74. The Morgan fingerprint density at radius 1 is 1.12 bits per heavy atom. The number of alkyl halides is 3. The zero-order valence-corrected chi connectivity index (χ0v) is 22.0. The summed E-state index contributed by atoms with van der Waals surface area (Å²) in [4.78, 5) is 44.2. The lowest BCUT2D eigenvalue weighted by atomic mass is 9.77. The fraction of sp³-hybridized carbons (Fsp3) is 0.308. The van der Waals surface area contributed by atoms with Crippen molar-refractivity contribution in [3.05, 3.63) is 48.9 Å². The first kappa shape index (κ1) is 27.2. The molecular formula is C26H24F3N7O3S. The number of amides is 2. The fourth-order valence-electron chi connectivity index (χ4n) is 4.74. The number of carboxylic acid groups (broad SMARTS) is 1. The molecule has 0 atom stereocenters. The summed E-state index contributed by atoms with van der Waals surface area (Å²) in [6.45, 7) is 1.86. The Hall–Kier alpha value is -4.33. The van der Waals surface area contributed by atoms with E-state index in [0.29, 0.717) is 28.5 Å². The first-order valence-electron chi connectivity index (χ1n) is 12.3. The van der Waals surface area contributed by atoms with Crippen LogP contribution >= 0.6 is 11.3 Å². The molecule has 10 nitrogen and oxygen atoms in total. The number of pyridine rings is 1. The number of urea groups is 1. The van der Waals surface area contributed by atoms with E-state index in [1.165, 1.54) is 16.2 Å². The van der Waals surface area contributed by atoms with Crippen molar-refractivity contribution in [2.45, 2.75) is 25.9 Å². The number of rotatable bonds is 6. The third kappa shape index (κ3) is 4.78. The van der Waals surface area contributed by atoms with E-state index in [1.54, 1.807) is 36.5 Å². The van der Waals surface area contributed by atoms with E-state index in [9.17, 15) is 27.9 Å². The van der Waals surface area contributed by atoms with Crippen molar-refractivity contribution in [1.29, 1.82) is 0 Å². The van der Waals surface area contributed by atoms with Crippen LogP contribution in [0.3, 0.4) is 0 Å². The van der Waals surface area contributed by atoms with Crippen LogP contribution in [0.2, 0.25) is 0 Å².